The van der Waals surface area contributed by atoms with E-state index in [9.17, 15) is 0 Å². The molecule has 0 bridgehead atoms. The van der Waals surface area contributed by atoms with Crippen molar-refractivity contribution in [2.24, 2.45) is 5.92 Å². The third kappa shape index (κ3) is 2.97. The number of aromatic nitrogens is 3. The van der Waals surface area contributed by atoms with Gasteiger partial charge in [0, 0.05) is 20.1 Å². The topological polar surface area (TPSA) is 53.9 Å². The fourth-order valence-electron chi connectivity index (χ4n) is 2.13. The van der Waals surface area contributed by atoms with Crippen molar-refractivity contribution in [3.8, 4) is 0 Å². The molecule has 1 N–H and O–H groups in total. The van der Waals surface area contributed by atoms with E-state index < -0.39 is 0 Å². The average Bonchev–Trinajstić information content (AvgIpc) is 2.63. The summed E-state index contributed by atoms with van der Waals surface area (Å²) >= 11 is 5.89. The second-order valence-electron chi connectivity index (χ2n) is 4.78. The zero-order valence-electron chi connectivity index (χ0n) is 10.4. The van der Waals surface area contributed by atoms with Gasteiger partial charge in [-0.15, -0.1) is 0 Å². The van der Waals surface area contributed by atoms with E-state index in [0.717, 1.165) is 0 Å². The van der Waals surface area contributed by atoms with Crippen LogP contribution in [0.25, 0.3) is 0 Å². The molecule has 0 radical (unpaired) electrons. The van der Waals surface area contributed by atoms with Gasteiger partial charge in [-0.25, -0.2) is 0 Å². The van der Waals surface area contributed by atoms with Crippen LogP contribution in [0.3, 0.4) is 0 Å². The summed E-state index contributed by atoms with van der Waals surface area (Å²) < 4.78 is 0. The first-order valence-electron chi connectivity index (χ1n) is 5.91. The van der Waals surface area contributed by atoms with Gasteiger partial charge in [-0.2, -0.15) is 15.0 Å². The van der Waals surface area contributed by atoms with Crippen molar-refractivity contribution in [3.05, 3.63) is 5.28 Å². The summed E-state index contributed by atoms with van der Waals surface area (Å²) in [4.78, 5) is 14.3. The van der Waals surface area contributed by atoms with Crippen LogP contribution in [0.5, 0.6) is 0 Å². The highest BCUT2D eigenvalue weighted by Crippen LogP contribution is 2.27. The van der Waals surface area contributed by atoms with Gasteiger partial charge in [-0.1, -0.05) is 13.3 Å². The van der Waals surface area contributed by atoms with Gasteiger partial charge in [-0.3, -0.25) is 0 Å². The van der Waals surface area contributed by atoms with Crippen molar-refractivity contribution in [2.45, 2.75) is 32.2 Å². The first-order chi connectivity index (χ1) is 8.06. The summed E-state index contributed by atoms with van der Waals surface area (Å²) in [6.45, 7) is 2.25. The molecule has 0 aliphatic heterocycles. The Hall–Kier alpha value is -1.10. The number of hydrogen-bond donors (Lipinski definition) is 1. The fraction of sp³-hybridized carbons (Fsp3) is 0.727. The Morgan fingerprint density at radius 3 is 2.59 bits per heavy atom. The van der Waals surface area contributed by atoms with Crippen molar-refractivity contribution >= 4 is 23.5 Å². The third-order valence-corrected chi connectivity index (χ3v) is 3.34. The normalized spacial score (nSPS) is 23.8. The van der Waals surface area contributed by atoms with Gasteiger partial charge >= 0.3 is 0 Å². The lowest BCUT2D eigenvalue weighted by Crippen LogP contribution is -2.24. The van der Waals surface area contributed by atoms with E-state index in [0.29, 0.717) is 23.9 Å². The molecule has 1 saturated carbocycles. The first kappa shape index (κ1) is 12.4. The number of anilines is 2. The largest absolute Gasteiger partial charge is 0.351 e. The zero-order chi connectivity index (χ0) is 12.4. The molecule has 1 aromatic heterocycles. The zero-order valence-corrected chi connectivity index (χ0v) is 11.2. The Balaban J connectivity index is 2.15. The maximum absolute atomic E-state index is 5.89. The Morgan fingerprint density at radius 1 is 1.24 bits per heavy atom. The van der Waals surface area contributed by atoms with Gasteiger partial charge in [-0.05, 0) is 30.4 Å². The summed E-state index contributed by atoms with van der Waals surface area (Å²) in [5.74, 6) is 1.82. The first-order valence-corrected chi connectivity index (χ1v) is 6.29. The van der Waals surface area contributed by atoms with Crippen LogP contribution in [0.2, 0.25) is 5.28 Å². The van der Waals surface area contributed by atoms with Crippen LogP contribution in [-0.2, 0) is 0 Å². The van der Waals surface area contributed by atoms with E-state index in [1.807, 2.05) is 19.0 Å². The average molecular weight is 256 g/mol. The number of hydrogen-bond acceptors (Lipinski definition) is 5. The van der Waals surface area contributed by atoms with Gasteiger partial charge in [0.15, 0.2) is 0 Å². The highest BCUT2D eigenvalue weighted by atomic mass is 35.5. The molecule has 1 heterocycles. The van der Waals surface area contributed by atoms with Gasteiger partial charge < -0.3 is 10.2 Å². The molecule has 6 heteroatoms. The van der Waals surface area contributed by atoms with Crippen LogP contribution in [0, 0.1) is 5.92 Å². The van der Waals surface area contributed by atoms with Gasteiger partial charge in [0.25, 0.3) is 0 Å². The molecule has 0 saturated heterocycles. The predicted molar refractivity (Wildman–Crippen MR) is 69.6 cm³/mol. The molecule has 5 nitrogen and oxygen atoms in total. The summed E-state index contributed by atoms with van der Waals surface area (Å²) in [6, 6.07) is 0.448. The van der Waals surface area contributed by atoms with Crippen molar-refractivity contribution in [1.29, 1.82) is 0 Å². The molecule has 0 aromatic carbocycles. The van der Waals surface area contributed by atoms with E-state index in [-0.39, 0.29) is 5.28 Å². The Bertz CT molecular complexity index is 395. The molecule has 1 aliphatic carbocycles. The van der Waals surface area contributed by atoms with E-state index in [1.54, 1.807) is 0 Å². The molecule has 2 rings (SSSR count). The lowest BCUT2D eigenvalue weighted by molar-refractivity contribution is 0.552. The lowest BCUT2D eigenvalue weighted by atomic mass is 10.1. The Labute approximate surface area is 107 Å². The second-order valence-corrected chi connectivity index (χ2v) is 5.12. The van der Waals surface area contributed by atoms with E-state index in [2.05, 4.69) is 27.2 Å². The summed E-state index contributed by atoms with van der Waals surface area (Å²) in [5, 5.41) is 3.59. The van der Waals surface area contributed by atoms with Crippen LogP contribution in [-0.4, -0.2) is 35.1 Å². The molecule has 2 atom stereocenters. The molecular formula is C11H18ClN5. The molecule has 1 aromatic rings. The molecule has 1 fully saturated rings. The molecule has 1 aliphatic rings. The smallest absolute Gasteiger partial charge is 0.230 e. The molecular weight excluding hydrogens is 238 g/mol. The van der Waals surface area contributed by atoms with Crippen molar-refractivity contribution < 1.29 is 0 Å². The minimum Gasteiger partial charge on any atom is -0.351 e. The molecule has 94 valence electrons. The fourth-order valence-corrected chi connectivity index (χ4v) is 2.29. The maximum atomic E-state index is 5.89. The van der Waals surface area contributed by atoms with Gasteiger partial charge in [0.2, 0.25) is 17.2 Å². The molecule has 17 heavy (non-hydrogen) atoms. The van der Waals surface area contributed by atoms with Crippen LogP contribution in [0.15, 0.2) is 0 Å². The number of halogens is 1. The number of rotatable bonds is 3. The maximum Gasteiger partial charge on any atom is 0.230 e. The minimum atomic E-state index is 0.233. The van der Waals surface area contributed by atoms with E-state index in [4.69, 9.17) is 11.6 Å². The van der Waals surface area contributed by atoms with Crippen molar-refractivity contribution in [2.75, 3.05) is 24.3 Å². The predicted octanol–water partition coefficient (Wildman–Crippen LogP) is 2.19. The van der Waals surface area contributed by atoms with Gasteiger partial charge in [0.05, 0.1) is 0 Å². The highest BCUT2D eigenvalue weighted by Gasteiger charge is 2.24. The standard InChI is InChI=1S/C11H18ClN5/c1-7-5-4-6-8(7)13-10-14-9(12)15-11(16-10)17(2)3/h7-8H,4-6H2,1-3H3,(H,13,14,15,16). The number of nitrogens with one attached hydrogen (secondary N) is 1. The Morgan fingerprint density at radius 2 is 2.00 bits per heavy atom. The van der Waals surface area contributed by atoms with Gasteiger partial charge in [0.1, 0.15) is 0 Å². The van der Waals surface area contributed by atoms with Crippen LogP contribution in [0.4, 0.5) is 11.9 Å². The monoisotopic (exact) mass is 255 g/mol. The summed E-state index contributed by atoms with van der Waals surface area (Å²) in [6.07, 6.45) is 3.69. The molecule has 2 unspecified atom stereocenters. The minimum absolute atomic E-state index is 0.233. The number of nitrogens with zero attached hydrogens (tertiary/aromatic N) is 4. The lowest BCUT2D eigenvalue weighted by Gasteiger charge is -2.18. The quantitative estimate of drug-likeness (QED) is 0.897. The SMILES string of the molecule is CC1CCCC1Nc1nc(Cl)nc(N(C)C)n1. The highest BCUT2D eigenvalue weighted by molar-refractivity contribution is 6.28. The van der Waals surface area contributed by atoms with Crippen LogP contribution >= 0.6 is 11.6 Å². The van der Waals surface area contributed by atoms with Crippen molar-refractivity contribution in [1.82, 2.24) is 15.0 Å². The molecule has 0 spiro atoms. The van der Waals surface area contributed by atoms with E-state index in [1.165, 1.54) is 19.3 Å². The summed E-state index contributed by atoms with van der Waals surface area (Å²) in [7, 11) is 3.77. The Kier molecular flexibility index (Phi) is 3.66. The second kappa shape index (κ2) is 5.04. The van der Waals surface area contributed by atoms with Crippen LogP contribution in [0.1, 0.15) is 26.2 Å². The molecule has 0 amide bonds. The third-order valence-electron chi connectivity index (χ3n) is 3.17. The van der Waals surface area contributed by atoms with Crippen molar-refractivity contribution in [3.63, 3.8) is 0 Å². The van der Waals surface area contributed by atoms with E-state index >= 15 is 0 Å². The summed E-state index contributed by atoms with van der Waals surface area (Å²) in [5.41, 5.74) is 0. The van der Waals surface area contributed by atoms with Crippen LogP contribution < -0.4 is 10.2 Å².